The number of ether oxygens (including phenoxy) is 2. The van der Waals surface area contributed by atoms with Gasteiger partial charge in [0, 0.05) is 13.5 Å². The van der Waals surface area contributed by atoms with Gasteiger partial charge in [-0.3, -0.25) is 0 Å². The molecule has 0 atom stereocenters. The van der Waals surface area contributed by atoms with Gasteiger partial charge in [0.1, 0.15) is 5.78 Å². The van der Waals surface area contributed by atoms with E-state index in [1.54, 1.807) is 14.0 Å². The van der Waals surface area contributed by atoms with E-state index in [2.05, 4.69) is 27.7 Å². The highest BCUT2D eigenvalue weighted by molar-refractivity contribution is 5.75. The molecule has 0 bridgehead atoms. The lowest BCUT2D eigenvalue weighted by atomic mass is 9.99. The highest BCUT2D eigenvalue weighted by Crippen LogP contribution is 2.21. The van der Waals surface area contributed by atoms with E-state index in [0.717, 1.165) is 38.7 Å². The lowest BCUT2D eigenvalue weighted by molar-refractivity contribution is -0.117. The minimum atomic E-state index is -0.114. The maximum Gasteiger partial charge on any atom is 0.129 e. The van der Waals surface area contributed by atoms with E-state index in [1.165, 1.54) is 0 Å². The SMILES string of the molecule is COC(C)(C)CCOC(C)(C)CCCCCC(C)=O. The van der Waals surface area contributed by atoms with Gasteiger partial charge in [-0.2, -0.15) is 0 Å². The van der Waals surface area contributed by atoms with Crippen LogP contribution in [0.4, 0.5) is 0 Å². The van der Waals surface area contributed by atoms with Crippen LogP contribution in [-0.2, 0) is 14.3 Å². The van der Waals surface area contributed by atoms with Gasteiger partial charge in [0.25, 0.3) is 0 Å². The van der Waals surface area contributed by atoms with Crippen LogP contribution in [0.3, 0.4) is 0 Å². The van der Waals surface area contributed by atoms with E-state index in [1.807, 2.05) is 0 Å². The third-order valence-electron chi connectivity index (χ3n) is 3.56. The topological polar surface area (TPSA) is 35.5 Å². The van der Waals surface area contributed by atoms with Crippen molar-refractivity contribution in [3.05, 3.63) is 0 Å². The molecule has 0 amide bonds. The van der Waals surface area contributed by atoms with E-state index in [0.29, 0.717) is 6.42 Å². The van der Waals surface area contributed by atoms with Crippen LogP contribution in [0, 0.1) is 0 Å². The predicted molar refractivity (Wildman–Crippen MR) is 79.5 cm³/mol. The summed E-state index contributed by atoms with van der Waals surface area (Å²) in [6.45, 7) is 10.8. The number of hydrogen-bond donors (Lipinski definition) is 0. The van der Waals surface area contributed by atoms with Crippen molar-refractivity contribution in [3.63, 3.8) is 0 Å². The average Bonchev–Trinajstić information content (AvgIpc) is 2.27. The molecule has 3 heteroatoms. The molecule has 0 aliphatic rings. The molecule has 114 valence electrons. The quantitative estimate of drug-likeness (QED) is 0.530. The van der Waals surface area contributed by atoms with Gasteiger partial charge < -0.3 is 14.3 Å². The second-order valence-corrected chi connectivity index (χ2v) is 6.58. The van der Waals surface area contributed by atoms with Gasteiger partial charge in [0.2, 0.25) is 0 Å². The second-order valence-electron chi connectivity index (χ2n) is 6.58. The molecule has 0 fully saturated rings. The molecular weight excluding hydrogens is 240 g/mol. The van der Waals surface area contributed by atoms with Crippen molar-refractivity contribution in [1.29, 1.82) is 0 Å². The van der Waals surface area contributed by atoms with Crippen LogP contribution < -0.4 is 0 Å². The Kier molecular flexibility index (Phi) is 8.51. The van der Waals surface area contributed by atoms with Gasteiger partial charge in [-0.1, -0.05) is 12.8 Å². The van der Waals surface area contributed by atoms with Crippen LogP contribution in [0.25, 0.3) is 0 Å². The lowest BCUT2D eigenvalue weighted by Crippen LogP contribution is -2.30. The van der Waals surface area contributed by atoms with Gasteiger partial charge in [-0.15, -0.1) is 0 Å². The zero-order chi connectivity index (χ0) is 14.9. The van der Waals surface area contributed by atoms with Gasteiger partial charge in [0.15, 0.2) is 0 Å². The number of unbranched alkanes of at least 4 members (excludes halogenated alkanes) is 2. The number of hydrogen-bond acceptors (Lipinski definition) is 3. The molecule has 0 radical (unpaired) electrons. The molecule has 0 saturated carbocycles. The zero-order valence-electron chi connectivity index (χ0n) is 13.7. The van der Waals surface area contributed by atoms with Crippen molar-refractivity contribution in [2.24, 2.45) is 0 Å². The average molecular weight is 272 g/mol. The molecule has 3 nitrogen and oxygen atoms in total. The highest BCUT2D eigenvalue weighted by atomic mass is 16.5. The summed E-state index contributed by atoms with van der Waals surface area (Å²) in [5.74, 6) is 0.289. The smallest absolute Gasteiger partial charge is 0.129 e. The minimum Gasteiger partial charge on any atom is -0.379 e. The van der Waals surface area contributed by atoms with Crippen molar-refractivity contribution in [1.82, 2.24) is 0 Å². The Morgan fingerprint density at radius 3 is 2.11 bits per heavy atom. The summed E-state index contributed by atoms with van der Waals surface area (Å²) in [5.41, 5.74) is -0.197. The number of Topliss-reactive ketones (excluding diaryl/α,β-unsaturated/α-hetero) is 1. The number of carbonyl (C=O) groups excluding carboxylic acids is 1. The summed E-state index contributed by atoms with van der Waals surface area (Å²) < 4.78 is 11.3. The largest absolute Gasteiger partial charge is 0.379 e. The summed E-state index contributed by atoms with van der Waals surface area (Å²) in [7, 11) is 1.74. The van der Waals surface area contributed by atoms with E-state index in [4.69, 9.17) is 9.47 Å². The first-order chi connectivity index (χ1) is 8.68. The fraction of sp³-hybridized carbons (Fsp3) is 0.938. The monoisotopic (exact) mass is 272 g/mol. The van der Waals surface area contributed by atoms with Crippen LogP contribution >= 0.6 is 0 Å². The minimum absolute atomic E-state index is 0.0833. The first kappa shape index (κ1) is 18.6. The van der Waals surface area contributed by atoms with Crippen LogP contribution in [0.5, 0.6) is 0 Å². The Bertz CT molecular complexity index is 257. The van der Waals surface area contributed by atoms with Crippen LogP contribution in [0.2, 0.25) is 0 Å². The molecule has 0 N–H and O–H groups in total. The Morgan fingerprint density at radius 1 is 0.947 bits per heavy atom. The molecule has 0 rings (SSSR count). The normalized spacial score (nSPS) is 12.7. The molecular formula is C16H32O3. The van der Waals surface area contributed by atoms with E-state index in [9.17, 15) is 4.79 Å². The van der Waals surface area contributed by atoms with Crippen molar-refractivity contribution in [2.45, 2.75) is 84.3 Å². The van der Waals surface area contributed by atoms with Crippen molar-refractivity contribution in [3.8, 4) is 0 Å². The summed E-state index contributed by atoms with van der Waals surface area (Å²) in [4.78, 5) is 10.8. The molecule has 0 aromatic heterocycles. The first-order valence-corrected chi connectivity index (χ1v) is 7.37. The van der Waals surface area contributed by atoms with Gasteiger partial charge in [-0.05, 0) is 53.9 Å². The Morgan fingerprint density at radius 2 is 1.58 bits per heavy atom. The molecule has 19 heavy (non-hydrogen) atoms. The second kappa shape index (κ2) is 8.70. The molecule has 0 aromatic rings. The molecule has 0 aliphatic carbocycles. The van der Waals surface area contributed by atoms with E-state index >= 15 is 0 Å². The van der Waals surface area contributed by atoms with Crippen LogP contribution in [-0.4, -0.2) is 30.7 Å². The molecule has 0 aromatic carbocycles. The van der Waals surface area contributed by atoms with Crippen LogP contribution in [0.1, 0.15) is 73.1 Å². The highest BCUT2D eigenvalue weighted by Gasteiger charge is 2.21. The third kappa shape index (κ3) is 11.1. The van der Waals surface area contributed by atoms with E-state index in [-0.39, 0.29) is 17.0 Å². The summed E-state index contributed by atoms with van der Waals surface area (Å²) >= 11 is 0. The Labute approximate surface area is 119 Å². The molecule has 0 saturated heterocycles. The number of rotatable bonds is 11. The number of carbonyl (C=O) groups is 1. The molecule has 0 unspecified atom stereocenters. The fourth-order valence-electron chi connectivity index (χ4n) is 1.85. The zero-order valence-corrected chi connectivity index (χ0v) is 13.7. The molecule has 0 heterocycles. The van der Waals surface area contributed by atoms with Crippen molar-refractivity contribution >= 4 is 5.78 Å². The number of ketones is 1. The maximum absolute atomic E-state index is 10.8. The lowest BCUT2D eigenvalue weighted by Gasteiger charge is -2.29. The molecule has 0 aliphatic heterocycles. The number of methoxy groups -OCH3 is 1. The molecule has 0 spiro atoms. The summed E-state index contributed by atoms with van der Waals surface area (Å²) in [5, 5.41) is 0. The summed E-state index contributed by atoms with van der Waals surface area (Å²) in [6.07, 6.45) is 5.88. The standard InChI is InChI=1S/C16H32O3/c1-14(17)10-8-7-9-11-16(4,5)19-13-12-15(2,3)18-6/h7-13H2,1-6H3. The van der Waals surface area contributed by atoms with Crippen LogP contribution in [0.15, 0.2) is 0 Å². The Hall–Kier alpha value is -0.410. The van der Waals surface area contributed by atoms with Crippen molar-refractivity contribution in [2.75, 3.05) is 13.7 Å². The summed E-state index contributed by atoms with van der Waals surface area (Å²) in [6, 6.07) is 0. The van der Waals surface area contributed by atoms with Gasteiger partial charge in [-0.25, -0.2) is 0 Å². The Balaban J connectivity index is 3.71. The van der Waals surface area contributed by atoms with Gasteiger partial charge >= 0.3 is 0 Å². The van der Waals surface area contributed by atoms with E-state index < -0.39 is 0 Å². The maximum atomic E-state index is 10.8. The predicted octanol–water partition coefficient (Wildman–Crippen LogP) is 4.14. The third-order valence-corrected chi connectivity index (χ3v) is 3.56. The fourth-order valence-corrected chi connectivity index (χ4v) is 1.85. The first-order valence-electron chi connectivity index (χ1n) is 7.37. The van der Waals surface area contributed by atoms with Gasteiger partial charge in [0.05, 0.1) is 17.8 Å². The van der Waals surface area contributed by atoms with Crippen molar-refractivity contribution < 1.29 is 14.3 Å².